The second-order valence-corrected chi connectivity index (χ2v) is 7.54. The van der Waals surface area contributed by atoms with E-state index in [2.05, 4.69) is 0 Å². The Hall–Kier alpha value is -2.32. The van der Waals surface area contributed by atoms with Crippen molar-refractivity contribution in [2.75, 3.05) is 34.4 Å². The van der Waals surface area contributed by atoms with Gasteiger partial charge >= 0.3 is 0 Å². The monoisotopic (exact) mass is 383 g/mol. The predicted octanol–water partition coefficient (Wildman–Crippen LogP) is 2.93. The van der Waals surface area contributed by atoms with Crippen LogP contribution in [0.25, 0.3) is 0 Å². The van der Waals surface area contributed by atoms with Crippen LogP contribution in [0.5, 0.6) is 17.2 Å². The van der Waals surface area contributed by atoms with Crippen molar-refractivity contribution in [3.63, 3.8) is 0 Å². The molecule has 0 N–H and O–H groups in total. The van der Waals surface area contributed by atoms with Crippen molar-refractivity contribution in [1.82, 2.24) is 4.31 Å². The fraction of sp³-hybridized carbons (Fsp3) is 0.333. The molecular weight excluding hydrogens is 361 g/mol. The van der Waals surface area contributed by atoms with Crippen molar-refractivity contribution in [1.29, 1.82) is 0 Å². The Morgan fingerprint density at radius 3 is 2.27 bits per heavy atom. The van der Waals surface area contributed by atoms with Gasteiger partial charge in [0.25, 0.3) is 0 Å². The lowest BCUT2D eigenvalue weighted by Crippen LogP contribution is -2.28. The molecule has 2 aromatic rings. The van der Waals surface area contributed by atoms with Gasteiger partial charge in [-0.25, -0.2) is 17.1 Å². The maximum Gasteiger partial charge on any atom is 0.242 e. The number of rotatable bonds is 9. The standard InChI is InChI=1S/C18H22FNO5S/c1-20(11-4-12-25-15-7-5-14(19)6-8-15)26(21,22)16-9-10-17(23-2)18(13-16)24-3/h5-10,13H,4,11-12H2,1-3H3. The lowest BCUT2D eigenvalue weighted by Gasteiger charge is -2.18. The second-order valence-electron chi connectivity index (χ2n) is 5.50. The van der Waals surface area contributed by atoms with Crippen LogP contribution in [0.15, 0.2) is 47.4 Å². The van der Waals surface area contributed by atoms with E-state index in [0.717, 1.165) is 0 Å². The van der Waals surface area contributed by atoms with E-state index in [1.54, 1.807) is 6.07 Å². The van der Waals surface area contributed by atoms with Crippen LogP contribution >= 0.6 is 0 Å². The Labute approximate surface area is 153 Å². The quantitative estimate of drug-likeness (QED) is 0.623. The molecule has 0 aliphatic heterocycles. The fourth-order valence-electron chi connectivity index (χ4n) is 2.29. The van der Waals surface area contributed by atoms with E-state index in [9.17, 15) is 12.8 Å². The number of sulfonamides is 1. The molecular formula is C18H22FNO5S. The van der Waals surface area contributed by atoms with Gasteiger partial charge < -0.3 is 14.2 Å². The molecule has 0 aliphatic rings. The van der Waals surface area contributed by atoms with Crippen LogP contribution in [0.3, 0.4) is 0 Å². The summed E-state index contributed by atoms with van der Waals surface area (Å²) < 4.78 is 55.1. The van der Waals surface area contributed by atoms with Gasteiger partial charge in [-0.1, -0.05) is 0 Å². The number of hydrogen-bond donors (Lipinski definition) is 0. The molecule has 8 heteroatoms. The average Bonchev–Trinajstić information content (AvgIpc) is 2.65. The summed E-state index contributed by atoms with van der Waals surface area (Å²) in [4.78, 5) is 0.122. The van der Waals surface area contributed by atoms with Crippen LogP contribution in [-0.2, 0) is 10.0 Å². The topological polar surface area (TPSA) is 65.1 Å². The summed E-state index contributed by atoms with van der Waals surface area (Å²) in [7, 11) is 0.784. The van der Waals surface area contributed by atoms with Crippen molar-refractivity contribution in [2.24, 2.45) is 0 Å². The molecule has 0 amide bonds. The summed E-state index contributed by atoms with van der Waals surface area (Å²) in [5.41, 5.74) is 0. The predicted molar refractivity (Wildman–Crippen MR) is 95.9 cm³/mol. The summed E-state index contributed by atoms with van der Waals surface area (Å²) in [6.45, 7) is 0.593. The molecule has 0 heterocycles. The summed E-state index contributed by atoms with van der Waals surface area (Å²) in [6, 6.07) is 10.1. The molecule has 0 saturated carbocycles. The molecule has 2 aromatic carbocycles. The van der Waals surface area contributed by atoms with Crippen LogP contribution in [-0.4, -0.2) is 47.1 Å². The minimum Gasteiger partial charge on any atom is -0.494 e. The zero-order valence-electron chi connectivity index (χ0n) is 14.9. The third kappa shape index (κ3) is 4.86. The van der Waals surface area contributed by atoms with Crippen molar-refractivity contribution in [3.8, 4) is 17.2 Å². The highest BCUT2D eigenvalue weighted by Gasteiger charge is 2.22. The van der Waals surface area contributed by atoms with Crippen LogP contribution < -0.4 is 14.2 Å². The van der Waals surface area contributed by atoms with Crippen LogP contribution in [0, 0.1) is 5.82 Å². The van der Waals surface area contributed by atoms with Crippen molar-refractivity contribution in [2.45, 2.75) is 11.3 Å². The molecule has 142 valence electrons. The number of halogens is 1. The van der Waals surface area contributed by atoms with E-state index >= 15 is 0 Å². The Morgan fingerprint density at radius 1 is 1.00 bits per heavy atom. The van der Waals surface area contributed by atoms with Gasteiger partial charge in [0.1, 0.15) is 11.6 Å². The minimum absolute atomic E-state index is 0.122. The Balaban J connectivity index is 1.95. The molecule has 0 aliphatic carbocycles. The van der Waals surface area contributed by atoms with Gasteiger partial charge in [-0.05, 0) is 42.8 Å². The molecule has 0 atom stereocenters. The number of hydrogen-bond acceptors (Lipinski definition) is 5. The lowest BCUT2D eigenvalue weighted by molar-refractivity contribution is 0.296. The van der Waals surface area contributed by atoms with Crippen molar-refractivity contribution in [3.05, 3.63) is 48.3 Å². The lowest BCUT2D eigenvalue weighted by atomic mass is 10.3. The molecule has 0 radical (unpaired) electrons. The molecule has 0 fully saturated rings. The molecule has 0 spiro atoms. The van der Waals surface area contributed by atoms with Gasteiger partial charge in [0, 0.05) is 19.7 Å². The molecule has 0 bridgehead atoms. The number of nitrogens with zero attached hydrogens (tertiary/aromatic N) is 1. The highest BCUT2D eigenvalue weighted by molar-refractivity contribution is 7.89. The summed E-state index contributed by atoms with van der Waals surface area (Å²) in [6.07, 6.45) is 0.487. The largest absolute Gasteiger partial charge is 0.494 e. The summed E-state index contributed by atoms with van der Waals surface area (Å²) >= 11 is 0. The van der Waals surface area contributed by atoms with Gasteiger partial charge in [0.2, 0.25) is 10.0 Å². The third-order valence-electron chi connectivity index (χ3n) is 3.76. The van der Waals surface area contributed by atoms with E-state index in [0.29, 0.717) is 30.3 Å². The highest BCUT2D eigenvalue weighted by Crippen LogP contribution is 2.30. The van der Waals surface area contributed by atoms with Crippen LogP contribution in [0.4, 0.5) is 4.39 Å². The Kier molecular flexibility index (Phi) is 6.82. The van der Waals surface area contributed by atoms with Crippen molar-refractivity contribution >= 4 is 10.0 Å². The number of ether oxygens (including phenoxy) is 3. The number of benzene rings is 2. The molecule has 0 unspecified atom stereocenters. The maximum atomic E-state index is 12.8. The normalized spacial score (nSPS) is 11.4. The Bertz CT molecular complexity index is 824. The van der Waals surface area contributed by atoms with Gasteiger partial charge in [0.15, 0.2) is 11.5 Å². The third-order valence-corrected chi connectivity index (χ3v) is 5.62. The highest BCUT2D eigenvalue weighted by atomic mass is 32.2. The van der Waals surface area contributed by atoms with E-state index < -0.39 is 10.0 Å². The molecule has 0 aromatic heterocycles. The maximum absolute atomic E-state index is 12.8. The van der Waals surface area contributed by atoms with Crippen LogP contribution in [0.1, 0.15) is 6.42 Å². The van der Waals surface area contributed by atoms with Gasteiger partial charge in [-0.2, -0.15) is 0 Å². The van der Waals surface area contributed by atoms with E-state index in [1.807, 2.05) is 0 Å². The van der Waals surface area contributed by atoms with Crippen LogP contribution in [0.2, 0.25) is 0 Å². The van der Waals surface area contributed by atoms with E-state index in [-0.39, 0.29) is 17.3 Å². The first-order chi connectivity index (χ1) is 12.4. The zero-order chi connectivity index (χ0) is 19.2. The summed E-state index contributed by atoms with van der Waals surface area (Å²) in [5, 5.41) is 0. The number of methoxy groups -OCH3 is 2. The van der Waals surface area contributed by atoms with Gasteiger partial charge in [0.05, 0.1) is 25.7 Å². The summed E-state index contributed by atoms with van der Waals surface area (Å²) in [5.74, 6) is 1.01. The first-order valence-corrected chi connectivity index (χ1v) is 9.39. The van der Waals surface area contributed by atoms with E-state index in [4.69, 9.17) is 14.2 Å². The van der Waals surface area contributed by atoms with Gasteiger partial charge in [-0.3, -0.25) is 0 Å². The first kappa shape index (κ1) is 20.0. The second kappa shape index (κ2) is 8.86. The average molecular weight is 383 g/mol. The first-order valence-electron chi connectivity index (χ1n) is 7.95. The minimum atomic E-state index is -3.65. The van der Waals surface area contributed by atoms with Gasteiger partial charge in [-0.15, -0.1) is 0 Å². The molecule has 26 heavy (non-hydrogen) atoms. The SMILES string of the molecule is COc1ccc(S(=O)(=O)N(C)CCCOc2ccc(F)cc2)cc1OC. The van der Waals surface area contributed by atoms with E-state index in [1.165, 1.54) is 62.0 Å². The smallest absolute Gasteiger partial charge is 0.242 e. The van der Waals surface area contributed by atoms with Crippen molar-refractivity contribution < 1.29 is 27.0 Å². The fourth-order valence-corrected chi connectivity index (χ4v) is 3.51. The zero-order valence-corrected chi connectivity index (χ0v) is 15.8. The Morgan fingerprint density at radius 2 is 1.65 bits per heavy atom. The molecule has 6 nitrogen and oxygen atoms in total. The molecule has 2 rings (SSSR count). The molecule has 0 saturated heterocycles.